The average Bonchev–Trinajstić information content (AvgIpc) is 3.04. The van der Waals surface area contributed by atoms with Gasteiger partial charge in [-0.25, -0.2) is 4.79 Å². The van der Waals surface area contributed by atoms with E-state index < -0.39 is 12.1 Å². The van der Waals surface area contributed by atoms with Gasteiger partial charge in [-0.1, -0.05) is 38.1 Å². The molecular weight excluding hydrogens is 332 g/mol. The molecule has 4 heteroatoms. The van der Waals surface area contributed by atoms with Crippen molar-refractivity contribution >= 4 is 23.1 Å². The highest BCUT2D eigenvalue weighted by atomic mass is 32.1. The molecule has 0 fully saturated rings. The fourth-order valence-corrected chi connectivity index (χ4v) is 4.31. The summed E-state index contributed by atoms with van der Waals surface area (Å²) in [6.07, 6.45) is 3.38. The highest BCUT2D eigenvalue weighted by Crippen LogP contribution is 2.32. The Morgan fingerprint density at radius 1 is 1.28 bits per heavy atom. The van der Waals surface area contributed by atoms with E-state index in [9.17, 15) is 9.59 Å². The van der Waals surface area contributed by atoms with Crippen LogP contribution >= 0.6 is 11.3 Å². The van der Waals surface area contributed by atoms with E-state index in [-0.39, 0.29) is 5.78 Å². The Kier molecular flexibility index (Phi) is 5.38. The van der Waals surface area contributed by atoms with Gasteiger partial charge in [0.05, 0.1) is 0 Å². The van der Waals surface area contributed by atoms with E-state index in [0.717, 1.165) is 19.3 Å². The molecule has 2 atom stereocenters. The molecule has 25 heavy (non-hydrogen) atoms. The number of aryl methyl sites for hydroxylation is 2. The number of carbonyl (C=O) groups is 2. The predicted molar refractivity (Wildman–Crippen MR) is 101 cm³/mol. The van der Waals surface area contributed by atoms with Crippen LogP contribution in [0.5, 0.6) is 0 Å². The smallest absolute Gasteiger partial charge is 0.349 e. The molecule has 1 aliphatic carbocycles. The van der Waals surface area contributed by atoms with Crippen molar-refractivity contribution in [2.24, 2.45) is 5.92 Å². The molecule has 0 unspecified atom stereocenters. The van der Waals surface area contributed by atoms with Crippen molar-refractivity contribution in [1.82, 2.24) is 0 Å². The first-order chi connectivity index (χ1) is 12.0. The lowest BCUT2D eigenvalue weighted by Gasteiger charge is -2.16. The first kappa shape index (κ1) is 17.9. The van der Waals surface area contributed by atoms with Crippen LogP contribution in [0.25, 0.3) is 0 Å². The van der Waals surface area contributed by atoms with E-state index >= 15 is 0 Å². The van der Waals surface area contributed by atoms with Crippen LogP contribution in [0, 0.1) is 5.92 Å². The highest BCUT2D eigenvalue weighted by molar-refractivity contribution is 7.14. The molecule has 2 aromatic rings. The van der Waals surface area contributed by atoms with Crippen molar-refractivity contribution in [3.63, 3.8) is 0 Å². The number of thiophene rings is 1. The molecule has 1 heterocycles. The summed E-state index contributed by atoms with van der Waals surface area (Å²) in [6.45, 7) is 5.95. The van der Waals surface area contributed by atoms with Gasteiger partial charge in [-0.3, -0.25) is 4.79 Å². The molecular formula is C21H24O3S. The van der Waals surface area contributed by atoms with E-state index in [1.54, 1.807) is 19.1 Å². The van der Waals surface area contributed by atoms with Crippen LogP contribution < -0.4 is 0 Å². The predicted octanol–water partition coefficient (Wildman–Crippen LogP) is 4.86. The monoisotopic (exact) mass is 356 g/mol. The molecule has 1 aliphatic rings. The molecule has 0 amide bonds. The van der Waals surface area contributed by atoms with Gasteiger partial charge >= 0.3 is 5.97 Å². The van der Waals surface area contributed by atoms with Crippen molar-refractivity contribution < 1.29 is 14.3 Å². The average molecular weight is 356 g/mol. The van der Waals surface area contributed by atoms with E-state index in [4.69, 9.17) is 4.74 Å². The Balaban J connectivity index is 1.66. The number of carbonyl (C=O) groups excluding carboxylic acids is 2. The minimum absolute atomic E-state index is 0.161. The van der Waals surface area contributed by atoms with Gasteiger partial charge in [0.15, 0.2) is 6.10 Å². The molecule has 0 N–H and O–H groups in total. The lowest BCUT2D eigenvalue weighted by molar-refractivity contribution is 0.0323. The molecule has 0 aliphatic heterocycles. The van der Waals surface area contributed by atoms with Crippen LogP contribution in [0.4, 0.5) is 0 Å². The molecule has 0 bridgehead atoms. The second kappa shape index (κ2) is 7.52. The fourth-order valence-electron chi connectivity index (χ4n) is 3.22. The van der Waals surface area contributed by atoms with E-state index in [1.807, 2.05) is 18.2 Å². The van der Waals surface area contributed by atoms with Gasteiger partial charge in [-0.15, -0.1) is 11.3 Å². The number of ether oxygens (including phenoxy) is 1. The standard InChI is InChI=1S/C21H24O3S/c1-4-15-6-8-16(9-7-15)20(22)14(3)24-21(23)19-12-17-11-13(2)5-10-18(17)25-19/h6-9,12-14H,4-5,10-11H2,1-3H3/t13-,14+/m0/s1. The third-order valence-corrected chi connectivity index (χ3v) is 6.05. The quantitative estimate of drug-likeness (QED) is 0.567. The third kappa shape index (κ3) is 4.01. The molecule has 0 radical (unpaired) electrons. The molecule has 1 aromatic carbocycles. The number of hydrogen-bond donors (Lipinski definition) is 0. The summed E-state index contributed by atoms with van der Waals surface area (Å²) in [5, 5.41) is 0. The van der Waals surface area contributed by atoms with Crippen molar-refractivity contribution in [2.45, 2.75) is 52.6 Å². The number of benzene rings is 1. The second-order valence-corrected chi connectivity index (χ2v) is 8.01. The number of ketones is 1. The molecule has 0 spiro atoms. The molecule has 3 nitrogen and oxygen atoms in total. The molecule has 0 saturated heterocycles. The minimum Gasteiger partial charge on any atom is -0.450 e. The summed E-state index contributed by atoms with van der Waals surface area (Å²) in [6, 6.07) is 9.44. The maximum Gasteiger partial charge on any atom is 0.349 e. The largest absolute Gasteiger partial charge is 0.450 e. The van der Waals surface area contributed by atoms with Crippen LogP contribution in [-0.4, -0.2) is 17.9 Å². The van der Waals surface area contributed by atoms with Gasteiger partial charge in [0.25, 0.3) is 0 Å². The SMILES string of the molecule is CCc1ccc(C(=O)[C@@H](C)OC(=O)c2cc3c(s2)CC[C@H](C)C3)cc1. The Bertz CT molecular complexity index is 773. The van der Waals surface area contributed by atoms with Crippen LogP contribution in [-0.2, 0) is 24.0 Å². The first-order valence-corrected chi connectivity index (χ1v) is 9.75. The summed E-state index contributed by atoms with van der Waals surface area (Å²) >= 11 is 1.51. The van der Waals surface area contributed by atoms with E-state index in [1.165, 1.54) is 33.8 Å². The summed E-state index contributed by atoms with van der Waals surface area (Å²) in [4.78, 5) is 26.8. The normalized spacial score (nSPS) is 17.6. The van der Waals surface area contributed by atoms with Gasteiger partial charge < -0.3 is 4.74 Å². The van der Waals surface area contributed by atoms with Gasteiger partial charge in [0, 0.05) is 10.4 Å². The van der Waals surface area contributed by atoms with Crippen LogP contribution in [0.2, 0.25) is 0 Å². The maximum atomic E-state index is 12.5. The number of hydrogen-bond acceptors (Lipinski definition) is 4. The number of esters is 1. The Morgan fingerprint density at radius 2 is 2.00 bits per heavy atom. The maximum absolute atomic E-state index is 12.5. The van der Waals surface area contributed by atoms with E-state index in [0.29, 0.717) is 16.4 Å². The molecule has 3 rings (SSSR count). The Morgan fingerprint density at radius 3 is 2.68 bits per heavy atom. The topological polar surface area (TPSA) is 43.4 Å². The van der Waals surface area contributed by atoms with Crippen molar-refractivity contribution in [3.8, 4) is 0 Å². The number of rotatable bonds is 5. The van der Waals surface area contributed by atoms with Gasteiger partial charge in [0.1, 0.15) is 4.88 Å². The zero-order valence-electron chi connectivity index (χ0n) is 15.0. The van der Waals surface area contributed by atoms with Crippen LogP contribution in [0.3, 0.4) is 0 Å². The third-order valence-electron chi connectivity index (χ3n) is 4.83. The van der Waals surface area contributed by atoms with Gasteiger partial charge in [-0.2, -0.15) is 0 Å². The highest BCUT2D eigenvalue weighted by Gasteiger charge is 2.24. The van der Waals surface area contributed by atoms with Crippen molar-refractivity contribution in [3.05, 3.63) is 56.8 Å². The zero-order chi connectivity index (χ0) is 18.0. The summed E-state index contributed by atoms with van der Waals surface area (Å²) in [5.41, 5.74) is 3.03. The van der Waals surface area contributed by atoms with Gasteiger partial charge in [0.2, 0.25) is 5.78 Å². The summed E-state index contributed by atoms with van der Waals surface area (Å²) < 4.78 is 5.44. The van der Waals surface area contributed by atoms with Crippen molar-refractivity contribution in [1.29, 1.82) is 0 Å². The summed E-state index contributed by atoms with van der Waals surface area (Å²) in [7, 11) is 0. The Labute approximate surface area is 153 Å². The van der Waals surface area contributed by atoms with Gasteiger partial charge in [-0.05, 0) is 55.7 Å². The van der Waals surface area contributed by atoms with Crippen LogP contribution in [0.1, 0.15) is 63.2 Å². The minimum atomic E-state index is -0.780. The number of Topliss-reactive ketones (excluding diaryl/α,β-unsaturated/α-hetero) is 1. The zero-order valence-corrected chi connectivity index (χ0v) is 15.8. The number of fused-ring (bicyclic) bond motifs is 1. The first-order valence-electron chi connectivity index (χ1n) is 8.93. The molecule has 0 saturated carbocycles. The lowest BCUT2D eigenvalue weighted by Crippen LogP contribution is -2.24. The molecule has 132 valence electrons. The fraction of sp³-hybridized carbons (Fsp3) is 0.429. The summed E-state index contributed by atoms with van der Waals surface area (Å²) in [5.74, 6) is 0.113. The van der Waals surface area contributed by atoms with Crippen molar-refractivity contribution in [2.75, 3.05) is 0 Å². The Hall–Kier alpha value is -1.94. The van der Waals surface area contributed by atoms with Crippen LogP contribution in [0.15, 0.2) is 30.3 Å². The second-order valence-electron chi connectivity index (χ2n) is 6.87. The van der Waals surface area contributed by atoms with E-state index in [2.05, 4.69) is 13.8 Å². The lowest BCUT2D eigenvalue weighted by atomic mass is 9.90. The molecule has 1 aromatic heterocycles.